The van der Waals surface area contributed by atoms with E-state index in [1.807, 2.05) is 32.1 Å². The lowest BCUT2D eigenvalue weighted by Gasteiger charge is -2.10. The first-order valence-electron chi connectivity index (χ1n) is 6.26. The van der Waals surface area contributed by atoms with E-state index in [-0.39, 0.29) is 0 Å². The Morgan fingerprint density at radius 3 is 2.74 bits per heavy atom. The van der Waals surface area contributed by atoms with Gasteiger partial charge in [-0.25, -0.2) is 0 Å². The second kappa shape index (κ2) is 6.95. The van der Waals surface area contributed by atoms with Gasteiger partial charge in [0.25, 0.3) is 0 Å². The molecule has 0 bridgehead atoms. The second-order valence-electron chi connectivity index (χ2n) is 4.62. The topological polar surface area (TPSA) is 72.5 Å². The molecule has 0 radical (unpaired) electrons. The third-order valence-corrected chi connectivity index (χ3v) is 2.96. The molecule has 0 fully saturated rings. The van der Waals surface area contributed by atoms with E-state index in [0.717, 1.165) is 22.4 Å². The third kappa shape index (κ3) is 4.41. The summed E-state index contributed by atoms with van der Waals surface area (Å²) in [5, 5.41) is 8.69. The minimum Gasteiger partial charge on any atom is -0.496 e. The Morgan fingerprint density at radius 1 is 1.47 bits per heavy atom. The molecule has 0 spiro atoms. The summed E-state index contributed by atoms with van der Waals surface area (Å²) in [5.41, 5.74) is 8.76. The summed E-state index contributed by atoms with van der Waals surface area (Å²) in [6.07, 6.45) is 4.95. The smallest absolute Gasteiger partial charge is 0.320 e. The van der Waals surface area contributed by atoms with Crippen molar-refractivity contribution in [3.05, 3.63) is 34.9 Å². The number of aryl methyl sites for hydroxylation is 2. The molecule has 1 atom stereocenters. The molecule has 0 saturated carbocycles. The van der Waals surface area contributed by atoms with Crippen molar-refractivity contribution < 1.29 is 14.6 Å². The van der Waals surface area contributed by atoms with Gasteiger partial charge in [0.15, 0.2) is 0 Å². The van der Waals surface area contributed by atoms with E-state index in [2.05, 4.69) is 6.07 Å². The first-order chi connectivity index (χ1) is 8.95. The zero-order valence-electron chi connectivity index (χ0n) is 11.6. The van der Waals surface area contributed by atoms with Crippen LogP contribution < -0.4 is 10.5 Å². The van der Waals surface area contributed by atoms with Gasteiger partial charge in [-0.15, -0.1) is 0 Å². The molecule has 1 aromatic rings. The fraction of sp³-hybridized carbons (Fsp3) is 0.400. The molecule has 0 aromatic heterocycles. The van der Waals surface area contributed by atoms with E-state index < -0.39 is 12.0 Å². The Labute approximate surface area is 113 Å². The number of aliphatic carboxylic acids is 1. The fourth-order valence-corrected chi connectivity index (χ4v) is 1.92. The van der Waals surface area contributed by atoms with Gasteiger partial charge in [-0.3, -0.25) is 4.79 Å². The Morgan fingerprint density at radius 2 is 2.16 bits per heavy atom. The Bertz CT molecular complexity index is 481. The van der Waals surface area contributed by atoms with Gasteiger partial charge in [0, 0.05) is 5.56 Å². The van der Waals surface area contributed by atoms with Crippen molar-refractivity contribution >= 4 is 12.0 Å². The van der Waals surface area contributed by atoms with Crippen LogP contribution in [-0.4, -0.2) is 24.2 Å². The SMILES string of the molecule is COc1cc(C)cc(C)c1/C=C/CCC(N)C(=O)O. The first kappa shape index (κ1) is 15.2. The van der Waals surface area contributed by atoms with Crippen LogP contribution >= 0.6 is 0 Å². The number of carbonyl (C=O) groups is 1. The number of benzene rings is 1. The molecule has 19 heavy (non-hydrogen) atoms. The zero-order valence-corrected chi connectivity index (χ0v) is 11.6. The second-order valence-corrected chi connectivity index (χ2v) is 4.62. The van der Waals surface area contributed by atoms with Crippen LogP contribution in [-0.2, 0) is 4.79 Å². The fourth-order valence-electron chi connectivity index (χ4n) is 1.92. The van der Waals surface area contributed by atoms with E-state index in [4.69, 9.17) is 15.6 Å². The standard InChI is InChI=1S/C15H21NO3/c1-10-8-11(2)12(14(9-10)19-3)6-4-5-7-13(16)15(17)18/h4,6,8-9,13H,5,7,16H2,1-3H3,(H,17,18)/b6-4+. The van der Waals surface area contributed by atoms with Crippen LogP contribution in [0.25, 0.3) is 6.08 Å². The van der Waals surface area contributed by atoms with Crippen molar-refractivity contribution in [2.24, 2.45) is 5.73 Å². The van der Waals surface area contributed by atoms with E-state index in [1.54, 1.807) is 7.11 Å². The van der Waals surface area contributed by atoms with Crippen molar-refractivity contribution in [2.45, 2.75) is 32.7 Å². The highest BCUT2D eigenvalue weighted by Crippen LogP contribution is 2.25. The molecule has 4 heteroatoms. The van der Waals surface area contributed by atoms with Crippen molar-refractivity contribution in [1.82, 2.24) is 0 Å². The Kier molecular flexibility index (Phi) is 5.57. The summed E-state index contributed by atoms with van der Waals surface area (Å²) in [4.78, 5) is 10.6. The summed E-state index contributed by atoms with van der Waals surface area (Å²) in [6, 6.07) is 3.27. The molecule has 3 N–H and O–H groups in total. The van der Waals surface area contributed by atoms with E-state index in [1.165, 1.54) is 0 Å². The largest absolute Gasteiger partial charge is 0.496 e. The normalized spacial score (nSPS) is 12.6. The van der Waals surface area contributed by atoms with Crippen LogP contribution in [0.1, 0.15) is 29.5 Å². The van der Waals surface area contributed by atoms with E-state index in [0.29, 0.717) is 12.8 Å². The van der Waals surface area contributed by atoms with E-state index in [9.17, 15) is 4.79 Å². The summed E-state index contributed by atoms with van der Waals surface area (Å²) < 4.78 is 5.35. The molecule has 0 heterocycles. The molecule has 4 nitrogen and oxygen atoms in total. The van der Waals surface area contributed by atoms with Gasteiger partial charge in [0.05, 0.1) is 7.11 Å². The number of methoxy groups -OCH3 is 1. The van der Waals surface area contributed by atoms with Crippen LogP contribution in [0.3, 0.4) is 0 Å². The van der Waals surface area contributed by atoms with Gasteiger partial charge in [-0.05, 0) is 43.9 Å². The predicted molar refractivity (Wildman–Crippen MR) is 76.3 cm³/mol. The van der Waals surface area contributed by atoms with Gasteiger partial charge in [-0.1, -0.05) is 18.2 Å². The van der Waals surface area contributed by atoms with Gasteiger partial charge >= 0.3 is 5.97 Å². The van der Waals surface area contributed by atoms with Crippen LogP contribution in [0.5, 0.6) is 5.75 Å². The maximum Gasteiger partial charge on any atom is 0.320 e. The molecular weight excluding hydrogens is 242 g/mol. The number of carboxylic acids is 1. The molecule has 0 saturated heterocycles. The summed E-state index contributed by atoms with van der Waals surface area (Å²) in [6.45, 7) is 4.05. The molecule has 1 unspecified atom stereocenters. The number of hydrogen-bond acceptors (Lipinski definition) is 3. The zero-order chi connectivity index (χ0) is 14.4. The molecular formula is C15H21NO3. The lowest BCUT2D eigenvalue weighted by atomic mass is 10.0. The van der Waals surface area contributed by atoms with Gasteiger partial charge < -0.3 is 15.6 Å². The molecule has 0 aliphatic rings. The van der Waals surface area contributed by atoms with Crippen molar-refractivity contribution in [3.63, 3.8) is 0 Å². The molecule has 104 valence electrons. The minimum absolute atomic E-state index is 0.430. The minimum atomic E-state index is -0.961. The van der Waals surface area contributed by atoms with Crippen LogP contribution in [0, 0.1) is 13.8 Å². The van der Waals surface area contributed by atoms with Crippen molar-refractivity contribution in [2.75, 3.05) is 7.11 Å². The van der Waals surface area contributed by atoms with Gasteiger partial charge in [0.2, 0.25) is 0 Å². The maximum atomic E-state index is 10.6. The number of allylic oxidation sites excluding steroid dienone is 1. The van der Waals surface area contributed by atoms with Crippen LogP contribution in [0.15, 0.2) is 18.2 Å². The van der Waals surface area contributed by atoms with Crippen LogP contribution in [0.4, 0.5) is 0 Å². The summed E-state index contributed by atoms with van der Waals surface area (Å²) in [5.74, 6) is -0.131. The van der Waals surface area contributed by atoms with Crippen molar-refractivity contribution in [3.8, 4) is 5.75 Å². The first-order valence-corrected chi connectivity index (χ1v) is 6.26. The summed E-state index contributed by atoms with van der Waals surface area (Å²) >= 11 is 0. The summed E-state index contributed by atoms with van der Waals surface area (Å²) in [7, 11) is 1.64. The van der Waals surface area contributed by atoms with Crippen LogP contribution in [0.2, 0.25) is 0 Å². The highest BCUT2D eigenvalue weighted by Gasteiger charge is 2.09. The average molecular weight is 263 g/mol. The van der Waals surface area contributed by atoms with E-state index >= 15 is 0 Å². The highest BCUT2D eigenvalue weighted by molar-refractivity contribution is 5.73. The molecule has 1 rings (SSSR count). The lowest BCUT2D eigenvalue weighted by molar-refractivity contribution is -0.138. The molecule has 0 amide bonds. The highest BCUT2D eigenvalue weighted by atomic mass is 16.5. The Balaban J connectivity index is 2.74. The number of carboxylic acid groups (broad SMARTS) is 1. The number of ether oxygens (including phenoxy) is 1. The van der Waals surface area contributed by atoms with Gasteiger partial charge in [0.1, 0.15) is 11.8 Å². The Hall–Kier alpha value is -1.81. The predicted octanol–water partition coefficient (Wildman–Crippen LogP) is 2.52. The third-order valence-electron chi connectivity index (χ3n) is 2.96. The molecule has 0 aliphatic carbocycles. The maximum absolute atomic E-state index is 10.6. The monoisotopic (exact) mass is 263 g/mol. The number of nitrogens with two attached hydrogens (primary N) is 1. The van der Waals surface area contributed by atoms with Gasteiger partial charge in [-0.2, -0.15) is 0 Å². The number of hydrogen-bond donors (Lipinski definition) is 2. The van der Waals surface area contributed by atoms with Crippen molar-refractivity contribution in [1.29, 1.82) is 0 Å². The number of rotatable bonds is 6. The molecule has 0 aliphatic heterocycles. The quantitative estimate of drug-likeness (QED) is 0.827. The average Bonchev–Trinajstić information content (AvgIpc) is 2.35. The molecule has 1 aromatic carbocycles. The lowest BCUT2D eigenvalue weighted by Crippen LogP contribution is -2.29.